The Hall–Kier alpha value is 0.340. The van der Waals surface area contributed by atoms with Crippen molar-refractivity contribution in [1.82, 2.24) is 0 Å². The Morgan fingerprint density at radius 1 is 0.850 bits per heavy atom. The van der Waals surface area contributed by atoms with Gasteiger partial charge < -0.3 is 5.11 Å². The van der Waals surface area contributed by atoms with Crippen molar-refractivity contribution < 1.29 is 5.11 Å². The second kappa shape index (κ2) is 6.22. The van der Waals surface area contributed by atoms with Crippen LogP contribution >= 0.6 is 61.1 Å². The maximum Gasteiger partial charge on any atom is 0.126 e. The maximum atomic E-state index is 10.3. The molecule has 0 aliphatic rings. The fourth-order valence-corrected chi connectivity index (χ4v) is 2.85. The van der Waals surface area contributed by atoms with Crippen molar-refractivity contribution in [2.24, 2.45) is 0 Å². The second-order valence-corrected chi connectivity index (χ2v) is 11.4. The fraction of sp³-hybridized carbons (Fsp3) is 0.250. The van der Waals surface area contributed by atoms with E-state index in [0.717, 1.165) is 10.0 Å². The molecule has 0 unspecified atom stereocenters. The molecular formula is C16H15BrI2O. The van der Waals surface area contributed by atoms with Crippen LogP contribution in [0.3, 0.4) is 0 Å². The lowest BCUT2D eigenvalue weighted by Crippen LogP contribution is -2.37. The number of rotatable bonds is 3. The fourth-order valence-electron chi connectivity index (χ4n) is 1.87. The Labute approximate surface area is 155 Å². The molecular weight excluding hydrogens is 542 g/mol. The summed E-state index contributed by atoms with van der Waals surface area (Å²) >= 11 is 8.07. The summed E-state index contributed by atoms with van der Waals surface area (Å²) in [6.07, 6.45) is 0. The Morgan fingerprint density at radius 3 is 1.65 bits per heavy atom. The number of hydrogen-bond acceptors (Lipinski definition) is 1. The molecule has 2 rings (SSSR count). The molecule has 0 amide bonds. The van der Waals surface area contributed by atoms with E-state index in [9.17, 15) is 5.11 Å². The van der Waals surface area contributed by atoms with Crippen LogP contribution in [0.1, 0.15) is 19.4 Å². The minimum Gasteiger partial charge on any atom is -0.388 e. The number of hydrogen-bond donors (Lipinski definition) is 1. The van der Waals surface area contributed by atoms with Crippen LogP contribution in [0.15, 0.2) is 53.0 Å². The van der Waals surface area contributed by atoms with Gasteiger partial charge >= 0.3 is 0 Å². The van der Waals surface area contributed by atoms with E-state index in [4.69, 9.17) is 0 Å². The van der Waals surface area contributed by atoms with E-state index in [1.165, 1.54) is 11.1 Å². The quantitative estimate of drug-likeness (QED) is 0.368. The van der Waals surface area contributed by atoms with Crippen LogP contribution in [0.4, 0.5) is 0 Å². The van der Waals surface area contributed by atoms with Gasteiger partial charge in [0, 0.05) is 4.47 Å². The van der Waals surface area contributed by atoms with Gasteiger partial charge in [-0.15, -0.1) is 0 Å². The first kappa shape index (κ1) is 16.7. The molecule has 20 heavy (non-hydrogen) atoms. The molecule has 106 valence electrons. The van der Waals surface area contributed by atoms with Crippen molar-refractivity contribution in [2.45, 2.75) is 20.9 Å². The highest BCUT2D eigenvalue weighted by Crippen LogP contribution is 2.48. The Morgan fingerprint density at radius 2 is 1.25 bits per heavy atom. The van der Waals surface area contributed by atoms with Crippen LogP contribution in [-0.4, -0.2) is 10.7 Å². The van der Waals surface area contributed by atoms with Crippen molar-refractivity contribution in [2.75, 3.05) is 0 Å². The number of alkyl halides is 2. The van der Waals surface area contributed by atoms with Gasteiger partial charge in [-0.3, -0.25) is 0 Å². The highest BCUT2D eigenvalue weighted by molar-refractivity contribution is 14.2. The number of benzene rings is 2. The van der Waals surface area contributed by atoms with Gasteiger partial charge in [0.25, 0.3) is 0 Å². The van der Waals surface area contributed by atoms with Gasteiger partial charge in [0.2, 0.25) is 0 Å². The molecule has 0 aromatic heterocycles. The first-order valence-corrected chi connectivity index (χ1v) is 9.13. The molecule has 0 heterocycles. The van der Waals surface area contributed by atoms with Gasteiger partial charge in [-0.2, -0.15) is 0 Å². The van der Waals surface area contributed by atoms with Gasteiger partial charge in [0.05, 0.1) is 5.60 Å². The smallest absolute Gasteiger partial charge is 0.126 e. The average Bonchev–Trinajstić information content (AvgIpc) is 2.38. The highest BCUT2D eigenvalue weighted by atomic mass is 127. The standard InChI is InChI=1S/C16H15BrI2O/c1-15(2,20)16(18,19)13-7-3-11(4-8-13)12-5-9-14(17)10-6-12/h3-10,20H,1-2H3. The summed E-state index contributed by atoms with van der Waals surface area (Å²) in [6.45, 7) is 3.68. The molecule has 0 saturated heterocycles. The van der Waals surface area contributed by atoms with Gasteiger partial charge in [-0.05, 0) is 42.7 Å². The van der Waals surface area contributed by atoms with E-state index < -0.39 is 5.60 Å². The summed E-state index contributed by atoms with van der Waals surface area (Å²) in [5, 5.41) is 10.3. The molecule has 2 aromatic carbocycles. The molecule has 1 N–H and O–H groups in total. The first-order valence-electron chi connectivity index (χ1n) is 6.18. The summed E-state index contributed by atoms with van der Waals surface area (Å²) in [6, 6.07) is 16.7. The van der Waals surface area contributed by atoms with Gasteiger partial charge in [0.15, 0.2) is 0 Å². The lowest BCUT2D eigenvalue weighted by Gasteiger charge is -2.34. The van der Waals surface area contributed by atoms with E-state index >= 15 is 0 Å². The third-order valence-electron chi connectivity index (χ3n) is 3.19. The Kier molecular flexibility index (Phi) is 5.20. The molecule has 0 aliphatic carbocycles. The Bertz CT molecular complexity index is 583. The largest absolute Gasteiger partial charge is 0.388 e. The lowest BCUT2D eigenvalue weighted by molar-refractivity contribution is 0.0771. The molecule has 2 aromatic rings. The zero-order valence-electron chi connectivity index (χ0n) is 11.2. The predicted molar refractivity (Wildman–Crippen MR) is 106 cm³/mol. The van der Waals surface area contributed by atoms with Crippen molar-refractivity contribution in [3.05, 3.63) is 58.6 Å². The first-order chi connectivity index (χ1) is 9.22. The van der Waals surface area contributed by atoms with Crippen LogP contribution in [-0.2, 0) is 1.43 Å². The zero-order chi connectivity index (χ0) is 15.0. The summed E-state index contributed by atoms with van der Waals surface area (Å²) in [5.74, 6) is 0. The van der Waals surface area contributed by atoms with E-state index in [0.29, 0.717) is 0 Å². The molecule has 4 heteroatoms. The summed E-state index contributed by atoms with van der Waals surface area (Å²) in [4.78, 5) is 0. The van der Waals surface area contributed by atoms with Crippen molar-refractivity contribution >= 4 is 61.1 Å². The van der Waals surface area contributed by atoms with Crippen LogP contribution in [0.25, 0.3) is 11.1 Å². The SMILES string of the molecule is CC(C)(O)C(I)(I)c1ccc(-c2ccc(Br)cc2)cc1. The van der Waals surface area contributed by atoms with Crippen molar-refractivity contribution in [3.63, 3.8) is 0 Å². The summed E-state index contributed by atoms with van der Waals surface area (Å²) in [7, 11) is 0. The van der Waals surface area contributed by atoms with E-state index in [2.05, 4.69) is 97.5 Å². The highest BCUT2D eigenvalue weighted by Gasteiger charge is 2.40. The summed E-state index contributed by atoms with van der Waals surface area (Å²) < 4.78 is 0.735. The molecule has 0 aliphatic heterocycles. The predicted octanol–water partition coefficient (Wildman–Crippen LogP) is 5.91. The van der Waals surface area contributed by atoms with Crippen LogP contribution in [0, 0.1) is 0 Å². The third kappa shape index (κ3) is 3.56. The van der Waals surface area contributed by atoms with Crippen LogP contribution in [0.2, 0.25) is 0 Å². The number of halogens is 3. The van der Waals surface area contributed by atoms with Crippen LogP contribution < -0.4 is 0 Å². The van der Waals surface area contributed by atoms with Gasteiger partial charge in [-0.1, -0.05) is 97.5 Å². The molecule has 0 spiro atoms. The van der Waals surface area contributed by atoms with Crippen molar-refractivity contribution in [1.29, 1.82) is 0 Å². The van der Waals surface area contributed by atoms with Gasteiger partial charge in [0.1, 0.15) is 1.43 Å². The Balaban J connectivity index is 2.33. The molecule has 0 saturated carbocycles. The number of aliphatic hydroxyl groups is 1. The lowest BCUT2D eigenvalue weighted by atomic mass is 9.96. The third-order valence-corrected chi connectivity index (χ3v) is 7.61. The summed E-state index contributed by atoms with van der Waals surface area (Å²) in [5.41, 5.74) is 2.70. The van der Waals surface area contributed by atoms with E-state index in [-0.39, 0.29) is 1.43 Å². The monoisotopic (exact) mass is 556 g/mol. The maximum absolute atomic E-state index is 10.3. The molecule has 0 atom stereocenters. The molecule has 0 fully saturated rings. The van der Waals surface area contributed by atoms with Crippen LogP contribution in [0.5, 0.6) is 0 Å². The normalized spacial score (nSPS) is 12.5. The average molecular weight is 557 g/mol. The van der Waals surface area contributed by atoms with Gasteiger partial charge in [-0.25, -0.2) is 0 Å². The topological polar surface area (TPSA) is 20.2 Å². The van der Waals surface area contributed by atoms with E-state index in [1.807, 2.05) is 26.0 Å². The second-order valence-electron chi connectivity index (χ2n) is 5.22. The minimum absolute atomic E-state index is 0.346. The van der Waals surface area contributed by atoms with Crippen molar-refractivity contribution in [3.8, 4) is 11.1 Å². The molecule has 0 radical (unpaired) electrons. The van der Waals surface area contributed by atoms with E-state index in [1.54, 1.807) is 0 Å². The molecule has 1 nitrogen and oxygen atoms in total. The molecule has 0 bridgehead atoms. The minimum atomic E-state index is -0.784. The zero-order valence-corrected chi connectivity index (χ0v) is 17.1.